The average Bonchev–Trinajstić information content (AvgIpc) is 2.83. The standard InChI is InChI=1S/C20H22N4O3/c1-10-6-7-16-15(8-10)18(11(2)12(3)21-16)20(27)22-19-13(4)23-24(14(19)5)9-17(25)26/h6-8H,9H2,1-5H3,(H,22,27)(H,25,26). The topological polar surface area (TPSA) is 97.1 Å². The normalized spacial score (nSPS) is 11.0. The highest BCUT2D eigenvalue weighted by Crippen LogP contribution is 2.27. The molecule has 7 heteroatoms. The van der Waals surface area contributed by atoms with Crippen molar-refractivity contribution in [1.82, 2.24) is 14.8 Å². The van der Waals surface area contributed by atoms with E-state index in [9.17, 15) is 9.59 Å². The quantitative estimate of drug-likeness (QED) is 0.738. The summed E-state index contributed by atoms with van der Waals surface area (Å²) in [5.74, 6) is -1.24. The molecular formula is C20H22N4O3. The third-order valence-corrected chi connectivity index (χ3v) is 4.76. The van der Waals surface area contributed by atoms with E-state index >= 15 is 0 Å². The van der Waals surface area contributed by atoms with E-state index in [-0.39, 0.29) is 12.5 Å². The maximum atomic E-state index is 13.2. The number of aryl methyl sites for hydroxylation is 3. The Balaban J connectivity index is 2.08. The third kappa shape index (κ3) is 3.40. The number of pyridine rings is 1. The Kier molecular flexibility index (Phi) is 4.70. The van der Waals surface area contributed by atoms with Gasteiger partial charge in [0.2, 0.25) is 0 Å². The van der Waals surface area contributed by atoms with Gasteiger partial charge in [0, 0.05) is 11.1 Å². The van der Waals surface area contributed by atoms with Crippen LogP contribution in [-0.4, -0.2) is 31.7 Å². The van der Waals surface area contributed by atoms with Crippen LogP contribution in [0.4, 0.5) is 5.69 Å². The van der Waals surface area contributed by atoms with Crippen molar-refractivity contribution in [2.45, 2.75) is 41.2 Å². The molecule has 1 amide bonds. The number of rotatable bonds is 4. The van der Waals surface area contributed by atoms with Crippen LogP contribution in [0.15, 0.2) is 18.2 Å². The zero-order valence-electron chi connectivity index (χ0n) is 16.0. The molecule has 0 aliphatic heterocycles. The molecular weight excluding hydrogens is 344 g/mol. The lowest BCUT2D eigenvalue weighted by atomic mass is 9.99. The molecule has 7 nitrogen and oxygen atoms in total. The molecule has 0 saturated carbocycles. The van der Waals surface area contributed by atoms with E-state index in [1.165, 1.54) is 4.68 Å². The van der Waals surface area contributed by atoms with Crippen LogP contribution in [-0.2, 0) is 11.3 Å². The minimum absolute atomic E-state index is 0.252. The molecule has 2 heterocycles. The highest BCUT2D eigenvalue weighted by atomic mass is 16.4. The summed E-state index contributed by atoms with van der Waals surface area (Å²) in [6.45, 7) is 8.97. The predicted molar refractivity (Wildman–Crippen MR) is 103 cm³/mol. The molecule has 1 aromatic carbocycles. The average molecular weight is 366 g/mol. The number of nitrogens with zero attached hydrogens (tertiary/aromatic N) is 3. The molecule has 2 N–H and O–H groups in total. The number of carbonyl (C=O) groups excluding carboxylic acids is 1. The fourth-order valence-corrected chi connectivity index (χ4v) is 3.22. The first kappa shape index (κ1) is 18.6. The molecule has 0 aliphatic carbocycles. The number of anilines is 1. The van der Waals surface area contributed by atoms with Gasteiger partial charge in [0.05, 0.1) is 28.2 Å². The number of carbonyl (C=O) groups is 2. The summed E-state index contributed by atoms with van der Waals surface area (Å²) in [6.07, 6.45) is 0. The van der Waals surface area contributed by atoms with Crippen molar-refractivity contribution in [1.29, 1.82) is 0 Å². The van der Waals surface area contributed by atoms with Gasteiger partial charge in [-0.2, -0.15) is 5.10 Å². The lowest BCUT2D eigenvalue weighted by Crippen LogP contribution is -2.17. The van der Waals surface area contributed by atoms with E-state index in [1.807, 2.05) is 39.0 Å². The van der Waals surface area contributed by atoms with Crippen LogP contribution in [0.5, 0.6) is 0 Å². The smallest absolute Gasteiger partial charge is 0.325 e. The number of aliphatic carboxylic acids is 1. The van der Waals surface area contributed by atoms with Crippen molar-refractivity contribution in [2.24, 2.45) is 0 Å². The largest absolute Gasteiger partial charge is 0.480 e. The summed E-state index contributed by atoms with van der Waals surface area (Å²) >= 11 is 0. The van der Waals surface area contributed by atoms with Gasteiger partial charge in [-0.05, 0) is 52.3 Å². The molecule has 140 valence electrons. The summed E-state index contributed by atoms with van der Waals surface area (Å²) in [5.41, 5.74) is 5.72. The lowest BCUT2D eigenvalue weighted by molar-refractivity contribution is -0.137. The van der Waals surface area contributed by atoms with Crippen LogP contribution < -0.4 is 5.32 Å². The molecule has 0 unspecified atom stereocenters. The van der Waals surface area contributed by atoms with E-state index in [0.29, 0.717) is 22.6 Å². The molecule has 0 radical (unpaired) electrons. The number of aromatic nitrogens is 3. The fourth-order valence-electron chi connectivity index (χ4n) is 3.22. The summed E-state index contributed by atoms with van der Waals surface area (Å²) in [7, 11) is 0. The Morgan fingerprint density at radius 1 is 1.11 bits per heavy atom. The van der Waals surface area contributed by atoms with Gasteiger partial charge >= 0.3 is 5.97 Å². The van der Waals surface area contributed by atoms with Crippen LogP contribution in [0.1, 0.15) is 38.6 Å². The molecule has 0 spiro atoms. The van der Waals surface area contributed by atoms with Gasteiger partial charge in [-0.1, -0.05) is 11.6 Å². The second-order valence-electron chi connectivity index (χ2n) is 6.77. The molecule has 0 bridgehead atoms. The first-order valence-electron chi connectivity index (χ1n) is 8.63. The molecule has 2 aromatic heterocycles. The second kappa shape index (κ2) is 6.83. The van der Waals surface area contributed by atoms with Gasteiger partial charge in [0.25, 0.3) is 5.91 Å². The first-order valence-corrected chi connectivity index (χ1v) is 8.63. The Morgan fingerprint density at radius 3 is 2.48 bits per heavy atom. The lowest BCUT2D eigenvalue weighted by Gasteiger charge is -2.13. The van der Waals surface area contributed by atoms with Gasteiger partial charge in [0.1, 0.15) is 6.54 Å². The summed E-state index contributed by atoms with van der Waals surface area (Å²) in [4.78, 5) is 28.7. The van der Waals surface area contributed by atoms with Crippen molar-refractivity contribution >= 4 is 28.5 Å². The number of hydrogen-bond donors (Lipinski definition) is 2. The van der Waals surface area contributed by atoms with Gasteiger partial charge in [0.15, 0.2) is 0 Å². The van der Waals surface area contributed by atoms with Gasteiger partial charge < -0.3 is 10.4 Å². The van der Waals surface area contributed by atoms with Crippen LogP contribution in [0, 0.1) is 34.6 Å². The predicted octanol–water partition coefficient (Wildman–Crippen LogP) is 3.31. The second-order valence-corrected chi connectivity index (χ2v) is 6.77. The highest BCUT2D eigenvalue weighted by molar-refractivity contribution is 6.14. The van der Waals surface area contributed by atoms with Crippen LogP contribution in [0.25, 0.3) is 10.9 Å². The fraction of sp³-hybridized carbons (Fsp3) is 0.300. The number of nitrogens with one attached hydrogen (secondary N) is 1. The third-order valence-electron chi connectivity index (χ3n) is 4.76. The number of carboxylic acids is 1. The Morgan fingerprint density at radius 2 is 1.81 bits per heavy atom. The van der Waals surface area contributed by atoms with E-state index in [1.54, 1.807) is 13.8 Å². The minimum Gasteiger partial charge on any atom is -0.480 e. The molecule has 27 heavy (non-hydrogen) atoms. The van der Waals surface area contributed by atoms with E-state index in [2.05, 4.69) is 15.4 Å². The number of hydrogen-bond acceptors (Lipinski definition) is 4. The number of amides is 1. The van der Waals surface area contributed by atoms with Crippen LogP contribution >= 0.6 is 0 Å². The maximum absolute atomic E-state index is 13.2. The molecule has 3 rings (SSSR count). The maximum Gasteiger partial charge on any atom is 0.325 e. The first-order chi connectivity index (χ1) is 12.7. The van der Waals surface area contributed by atoms with Gasteiger partial charge in [-0.3, -0.25) is 19.3 Å². The Hall–Kier alpha value is -3.22. The zero-order valence-corrected chi connectivity index (χ0v) is 16.0. The van der Waals surface area contributed by atoms with E-state index in [4.69, 9.17) is 5.11 Å². The van der Waals surface area contributed by atoms with Crippen molar-refractivity contribution in [3.8, 4) is 0 Å². The monoisotopic (exact) mass is 366 g/mol. The molecule has 0 fully saturated rings. The zero-order chi connectivity index (χ0) is 19.9. The highest BCUT2D eigenvalue weighted by Gasteiger charge is 2.20. The molecule has 0 aliphatic rings. The summed E-state index contributed by atoms with van der Waals surface area (Å²) in [5, 5.41) is 17.0. The molecule has 0 atom stereocenters. The van der Waals surface area contributed by atoms with E-state index in [0.717, 1.165) is 27.7 Å². The van der Waals surface area contributed by atoms with Gasteiger partial charge in [-0.15, -0.1) is 0 Å². The van der Waals surface area contributed by atoms with Crippen molar-refractivity contribution in [2.75, 3.05) is 5.32 Å². The molecule has 3 aromatic rings. The van der Waals surface area contributed by atoms with Crippen LogP contribution in [0.3, 0.4) is 0 Å². The molecule has 0 saturated heterocycles. The number of fused-ring (bicyclic) bond motifs is 1. The van der Waals surface area contributed by atoms with Gasteiger partial charge in [-0.25, -0.2) is 0 Å². The number of benzene rings is 1. The SMILES string of the molecule is Cc1ccc2nc(C)c(C)c(C(=O)Nc3c(C)nn(CC(=O)O)c3C)c2c1. The van der Waals surface area contributed by atoms with Crippen molar-refractivity contribution < 1.29 is 14.7 Å². The Bertz CT molecular complexity index is 1080. The van der Waals surface area contributed by atoms with Crippen LogP contribution in [0.2, 0.25) is 0 Å². The summed E-state index contributed by atoms with van der Waals surface area (Å²) < 4.78 is 1.38. The van der Waals surface area contributed by atoms with Crippen molar-refractivity contribution in [3.63, 3.8) is 0 Å². The minimum atomic E-state index is -0.986. The summed E-state index contributed by atoms with van der Waals surface area (Å²) in [6, 6.07) is 5.84. The van der Waals surface area contributed by atoms with Crippen molar-refractivity contribution in [3.05, 3.63) is 52.0 Å². The Labute approximate surface area is 157 Å². The van der Waals surface area contributed by atoms with E-state index < -0.39 is 5.97 Å². The number of carboxylic acid groups (broad SMARTS) is 1.